The predicted octanol–water partition coefficient (Wildman–Crippen LogP) is 3.16. The molecule has 9 nitrogen and oxygen atoms in total. The highest BCUT2D eigenvalue weighted by atomic mass is 16.5. The quantitative estimate of drug-likeness (QED) is 0.610. The molecule has 1 atom stereocenters. The van der Waals surface area contributed by atoms with Crippen LogP contribution in [0.2, 0.25) is 0 Å². The second-order valence-electron chi connectivity index (χ2n) is 10.0. The molecule has 2 aromatic heterocycles. The topological polar surface area (TPSA) is 109 Å². The minimum Gasteiger partial charge on any atom is -0.475 e. The minimum atomic E-state index is -1.16. The molecule has 1 unspecified atom stereocenters. The van der Waals surface area contributed by atoms with Gasteiger partial charge in [0.15, 0.2) is 0 Å². The number of ether oxygens (including phenoxy) is 2. The van der Waals surface area contributed by atoms with Crippen molar-refractivity contribution in [2.45, 2.75) is 58.4 Å². The Kier molecular flexibility index (Phi) is 7.54. The Bertz CT molecular complexity index is 1150. The molecule has 0 radical (unpaired) electrons. The molecule has 0 bridgehead atoms. The Hall–Kier alpha value is -3.14. The highest BCUT2D eigenvalue weighted by Gasteiger charge is 2.41. The molecule has 9 heteroatoms. The largest absolute Gasteiger partial charge is 0.475 e. The molecule has 4 rings (SSSR count). The second-order valence-corrected chi connectivity index (χ2v) is 10.0. The number of nitrogens with one attached hydrogen (secondary N) is 1. The Morgan fingerprint density at radius 3 is 2.61 bits per heavy atom. The van der Waals surface area contributed by atoms with Crippen molar-refractivity contribution >= 4 is 17.7 Å². The lowest BCUT2D eigenvalue weighted by atomic mass is 9.90. The van der Waals surface area contributed by atoms with E-state index in [4.69, 9.17) is 14.5 Å². The van der Waals surface area contributed by atoms with E-state index in [1.807, 2.05) is 39.1 Å². The van der Waals surface area contributed by atoms with Gasteiger partial charge in [-0.15, -0.1) is 0 Å². The van der Waals surface area contributed by atoms with Gasteiger partial charge in [-0.1, -0.05) is 0 Å². The molecule has 2 aromatic rings. The number of carbonyl (C=O) groups is 1. The lowest BCUT2D eigenvalue weighted by Crippen LogP contribution is -2.65. The lowest BCUT2D eigenvalue weighted by molar-refractivity contribution is -0.00621. The molecule has 36 heavy (non-hydrogen) atoms. The second kappa shape index (κ2) is 10.5. The SMILES string of the molecule is CC1=C(c2ccc(OC(C)C)nc2)CC(NC(=O)c2ccnc(C(C)(C)O)c2)(N2CCOCC2)C=N1. The summed E-state index contributed by atoms with van der Waals surface area (Å²) in [6.45, 7) is 11.6. The van der Waals surface area contributed by atoms with Crippen LogP contribution in [0.15, 0.2) is 47.3 Å². The Balaban J connectivity index is 1.65. The van der Waals surface area contributed by atoms with Crippen LogP contribution in [-0.4, -0.2) is 70.2 Å². The van der Waals surface area contributed by atoms with Crippen LogP contribution in [-0.2, 0) is 10.3 Å². The molecular weight excluding hydrogens is 458 g/mol. The first-order valence-corrected chi connectivity index (χ1v) is 12.3. The van der Waals surface area contributed by atoms with Gasteiger partial charge in [0.2, 0.25) is 5.88 Å². The van der Waals surface area contributed by atoms with Gasteiger partial charge in [-0.25, -0.2) is 4.98 Å². The zero-order valence-corrected chi connectivity index (χ0v) is 21.6. The number of carbonyl (C=O) groups excluding carboxylic acids is 1. The van der Waals surface area contributed by atoms with Gasteiger partial charge in [0.25, 0.3) is 5.91 Å². The zero-order valence-electron chi connectivity index (χ0n) is 21.6. The molecule has 1 fully saturated rings. The third-order valence-corrected chi connectivity index (χ3v) is 6.35. The first-order chi connectivity index (χ1) is 17.1. The number of amides is 1. The van der Waals surface area contributed by atoms with Crippen LogP contribution in [0.3, 0.4) is 0 Å². The number of hydrogen-bond donors (Lipinski definition) is 2. The minimum absolute atomic E-state index is 0.0397. The van der Waals surface area contributed by atoms with Crippen molar-refractivity contribution in [3.63, 3.8) is 0 Å². The highest BCUT2D eigenvalue weighted by molar-refractivity contribution is 5.98. The first kappa shape index (κ1) is 25.9. The zero-order chi connectivity index (χ0) is 25.9. The normalized spacial score (nSPS) is 21.1. The molecular formula is C27H35N5O4. The monoisotopic (exact) mass is 493 g/mol. The van der Waals surface area contributed by atoms with E-state index >= 15 is 0 Å². The number of aromatic nitrogens is 2. The number of rotatable bonds is 7. The summed E-state index contributed by atoms with van der Waals surface area (Å²) in [5.74, 6) is 0.304. The Labute approximate surface area is 212 Å². The molecule has 1 amide bonds. The molecule has 0 spiro atoms. The maximum absolute atomic E-state index is 13.5. The van der Waals surface area contributed by atoms with Gasteiger partial charge in [-0.3, -0.25) is 19.7 Å². The van der Waals surface area contributed by atoms with Gasteiger partial charge in [0.1, 0.15) is 11.3 Å². The molecule has 1 saturated heterocycles. The average molecular weight is 494 g/mol. The Morgan fingerprint density at radius 2 is 1.97 bits per heavy atom. The molecule has 0 saturated carbocycles. The summed E-state index contributed by atoms with van der Waals surface area (Å²) >= 11 is 0. The van der Waals surface area contributed by atoms with E-state index in [0.717, 1.165) is 16.8 Å². The molecule has 2 aliphatic rings. The van der Waals surface area contributed by atoms with Crippen molar-refractivity contribution in [1.82, 2.24) is 20.2 Å². The fourth-order valence-corrected chi connectivity index (χ4v) is 4.39. The molecule has 192 valence electrons. The van der Waals surface area contributed by atoms with Crippen LogP contribution in [0.4, 0.5) is 0 Å². The number of nitrogens with zero attached hydrogens (tertiary/aromatic N) is 4. The Morgan fingerprint density at radius 1 is 1.22 bits per heavy atom. The molecule has 0 aromatic carbocycles. The van der Waals surface area contributed by atoms with Gasteiger partial charge in [0.05, 0.1) is 25.0 Å². The fraction of sp³-hybridized carbons (Fsp3) is 0.481. The summed E-state index contributed by atoms with van der Waals surface area (Å²) in [5.41, 5.74) is 1.66. The van der Waals surface area contributed by atoms with E-state index in [1.54, 1.807) is 38.4 Å². The van der Waals surface area contributed by atoms with E-state index in [2.05, 4.69) is 20.2 Å². The molecule has 0 aliphatic carbocycles. The van der Waals surface area contributed by atoms with Gasteiger partial charge >= 0.3 is 0 Å². The van der Waals surface area contributed by atoms with Crippen molar-refractivity contribution < 1.29 is 19.4 Å². The standard InChI is InChI=1S/C27H35N5O4/c1-18(2)36-24-7-6-21(16-29-24)22-15-27(17-30-19(22)3,32-10-12-35-13-11-32)31-25(33)20-8-9-28-23(14-20)26(4,5)34/h6-9,14,16-18,34H,10-13,15H2,1-5H3,(H,31,33). The molecule has 2 aliphatic heterocycles. The predicted molar refractivity (Wildman–Crippen MR) is 138 cm³/mol. The number of allylic oxidation sites excluding steroid dienone is 1. The van der Waals surface area contributed by atoms with Crippen molar-refractivity contribution in [1.29, 1.82) is 0 Å². The van der Waals surface area contributed by atoms with Crippen molar-refractivity contribution in [2.24, 2.45) is 4.99 Å². The van der Waals surface area contributed by atoms with Crippen LogP contribution in [0.25, 0.3) is 5.57 Å². The van der Waals surface area contributed by atoms with Gasteiger partial charge in [0, 0.05) is 55.4 Å². The average Bonchev–Trinajstić information content (AvgIpc) is 2.85. The van der Waals surface area contributed by atoms with Crippen LogP contribution in [0.1, 0.15) is 62.7 Å². The van der Waals surface area contributed by atoms with Crippen molar-refractivity contribution in [2.75, 3.05) is 26.3 Å². The number of aliphatic imine (C=N–C) groups is 1. The van der Waals surface area contributed by atoms with E-state index < -0.39 is 11.3 Å². The summed E-state index contributed by atoms with van der Waals surface area (Å²) in [6.07, 6.45) is 5.72. The van der Waals surface area contributed by atoms with E-state index in [0.29, 0.717) is 49.9 Å². The van der Waals surface area contributed by atoms with Crippen LogP contribution in [0, 0.1) is 0 Å². The van der Waals surface area contributed by atoms with Crippen LogP contribution >= 0.6 is 0 Å². The summed E-state index contributed by atoms with van der Waals surface area (Å²) in [4.78, 5) is 29.2. The lowest BCUT2D eigenvalue weighted by Gasteiger charge is -2.45. The highest BCUT2D eigenvalue weighted by Crippen LogP contribution is 2.35. The van der Waals surface area contributed by atoms with Gasteiger partial charge in [-0.05, 0) is 64.0 Å². The summed E-state index contributed by atoms with van der Waals surface area (Å²) in [5, 5.41) is 13.6. The molecule has 2 N–H and O–H groups in total. The molecule has 4 heterocycles. The van der Waals surface area contributed by atoms with E-state index in [1.165, 1.54) is 0 Å². The van der Waals surface area contributed by atoms with Crippen LogP contribution in [0.5, 0.6) is 5.88 Å². The maximum atomic E-state index is 13.5. The summed E-state index contributed by atoms with van der Waals surface area (Å²) in [7, 11) is 0. The smallest absolute Gasteiger partial charge is 0.253 e. The van der Waals surface area contributed by atoms with Gasteiger partial charge in [-0.2, -0.15) is 0 Å². The summed E-state index contributed by atoms with van der Waals surface area (Å²) in [6, 6.07) is 7.12. The number of aliphatic hydroxyl groups is 1. The number of hydrogen-bond acceptors (Lipinski definition) is 8. The van der Waals surface area contributed by atoms with Crippen LogP contribution < -0.4 is 10.1 Å². The fourth-order valence-electron chi connectivity index (χ4n) is 4.39. The van der Waals surface area contributed by atoms with Gasteiger partial charge < -0.3 is 19.9 Å². The van der Waals surface area contributed by atoms with E-state index in [9.17, 15) is 9.90 Å². The number of morpholine rings is 1. The van der Waals surface area contributed by atoms with Crippen molar-refractivity contribution in [3.8, 4) is 5.88 Å². The third-order valence-electron chi connectivity index (χ3n) is 6.35. The number of pyridine rings is 2. The van der Waals surface area contributed by atoms with E-state index in [-0.39, 0.29) is 12.0 Å². The summed E-state index contributed by atoms with van der Waals surface area (Å²) < 4.78 is 11.3. The van der Waals surface area contributed by atoms with Crippen molar-refractivity contribution in [3.05, 3.63) is 59.2 Å². The maximum Gasteiger partial charge on any atom is 0.253 e. The third kappa shape index (κ3) is 5.80. The first-order valence-electron chi connectivity index (χ1n) is 12.3.